The molecule has 0 saturated carbocycles. The molecule has 204 valence electrons. The molecule has 4 unspecified atom stereocenters. The smallest absolute Gasteiger partial charge is 0.0718 e. The third kappa shape index (κ3) is 6.80. The summed E-state index contributed by atoms with van der Waals surface area (Å²) in [5.41, 5.74) is 0.990. The van der Waals surface area contributed by atoms with Gasteiger partial charge in [0.05, 0.1) is 38.1 Å². The Morgan fingerprint density at radius 3 is 1.49 bits per heavy atom. The second kappa shape index (κ2) is 10.5. The van der Waals surface area contributed by atoms with Crippen molar-refractivity contribution in [1.82, 2.24) is 14.7 Å². The van der Waals surface area contributed by atoms with E-state index in [1.54, 1.807) is 0 Å². The molecule has 6 atom stereocenters. The topological polar surface area (TPSA) is 37.4 Å². The van der Waals surface area contributed by atoms with Gasteiger partial charge in [0.2, 0.25) is 0 Å². The Labute approximate surface area is 216 Å². The van der Waals surface area contributed by atoms with Crippen molar-refractivity contribution >= 4 is 0 Å². The summed E-state index contributed by atoms with van der Waals surface area (Å²) in [5.74, 6) is 0. The van der Waals surface area contributed by atoms with Gasteiger partial charge in [-0.2, -0.15) is 0 Å². The lowest BCUT2D eigenvalue weighted by molar-refractivity contribution is -0.0668. The molecule has 0 aromatic rings. The van der Waals surface area contributed by atoms with Crippen LogP contribution in [0.1, 0.15) is 94.4 Å². The largest absolute Gasteiger partial charge is 0.378 e. The molecule has 0 amide bonds. The molecule has 0 aliphatic carbocycles. The Morgan fingerprint density at radius 2 is 1.14 bits per heavy atom. The summed E-state index contributed by atoms with van der Waals surface area (Å²) in [5, 5.41) is 0. The standard InChI is InChI=1S/2C10H19NO.C9H17NO/c1-10(2,3)11-8-4-5-9(11)7-12-6-8;1-10(2,3)11-6-8-4-5-9(7-11)12-8;1-9(2,3)10-5-8-4-7(10)6-11-8/h2*8-9H,4-7H2,1-3H3;7-8H,4-6H2,1-3H3/t;;7-,8-/m..0/s1. The van der Waals surface area contributed by atoms with Crippen molar-refractivity contribution in [3.63, 3.8) is 0 Å². The highest BCUT2D eigenvalue weighted by Crippen LogP contribution is 2.35. The van der Waals surface area contributed by atoms with Crippen molar-refractivity contribution in [1.29, 1.82) is 0 Å². The molecule has 35 heavy (non-hydrogen) atoms. The van der Waals surface area contributed by atoms with E-state index < -0.39 is 0 Å². The number of hydrogen-bond acceptors (Lipinski definition) is 6. The molecule has 6 saturated heterocycles. The summed E-state index contributed by atoms with van der Waals surface area (Å²) in [6.45, 7) is 26.9. The first-order valence-electron chi connectivity index (χ1n) is 14.4. The highest BCUT2D eigenvalue weighted by molar-refractivity contribution is 4.98. The van der Waals surface area contributed by atoms with E-state index in [0.29, 0.717) is 53.1 Å². The molecule has 0 N–H and O–H groups in total. The van der Waals surface area contributed by atoms with Crippen molar-refractivity contribution in [3.05, 3.63) is 0 Å². The Hall–Kier alpha value is -0.240. The summed E-state index contributed by atoms with van der Waals surface area (Å²) < 4.78 is 16.9. The molecule has 6 heterocycles. The molecule has 6 aliphatic heterocycles. The van der Waals surface area contributed by atoms with Crippen LogP contribution in [-0.4, -0.2) is 107 Å². The van der Waals surface area contributed by atoms with Crippen molar-refractivity contribution in [2.75, 3.05) is 39.5 Å². The molecule has 0 aromatic heterocycles. The number of morpholine rings is 3. The van der Waals surface area contributed by atoms with Gasteiger partial charge in [-0.1, -0.05) is 0 Å². The van der Waals surface area contributed by atoms with Crippen LogP contribution in [0.4, 0.5) is 0 Å². The highest BCUT2D eigenvalue weighted by atomic mass is 16.5. The second-order valence-corrected chi connectivity index (χ2v) is 14.7. The average Bonchev–Trinajstić information content (AvgIpc) is 3.51. The van der Waals surface area contributed by atoms with E-state index in [4.69, 9.17) is 14.2 Å². The minimum absolute atomic E-state index is 0.324. The Kier molecular flexibility index (Phi) is 8.33. The van der Waals surface area contributed by atoms with Crippen LogP contribution in [0.25, 0.3) is 0 Å². The van der Waals surface area contributed by atoms with E-state index in [9.17, 15) is 0 Å². The van der Waals surface area contributed by atoms with E-state index in [1.165, 1.54) is 32.1 Å². The first kappa shape index (κ1) is 27.8. The SMILES string of the molecule is CC(C)(C)N1C2CCC1COC2.CC(C)(C)N1CC2CCC(C1)O2.CC(C)(C)N1C[C@@H]2C[C@H]1CO2. The van der Waals surface area contributed by atoms with Crippen molar-refractivity contribution in [2.45, 2.75) is 147 Å². The van der Waals surface area contributed by atoms with Crippen LogP contribution in [0.5, 0.6) is 0 Å². The normalized spacial score (nSPS) is 37.6. The van der Waals surface area contributed by atoms with Gasteiger partial charge in [-0.15, -0.1) is 0 Å². The maximum atomic E-state index is 5.78. The molecule has 0 aromatic carbocycles. The van der Waals surface area contributed by atoms with Crippen molar-refractivity contribution < 1.29 is 14.2 Å². The summed E-state index contributed by atoms with van der Waals surface area (Å²) in [7, 11) is 0. The average molecular weight is 494 g/mol. The van der Waals surface area contributed by atoms with E-state index in [-0.39, 0.29) is 0 Å². The lowest BCUT2D eigenvalue weighted by atomic mass is 10.0. The predicted molar refractivity (Wildman–Crippen MR) is 143 cm³/mol. The van der Waals surface area contributed by atoms with Crippen molar-refractivity contribution in [3.8, 4) is 0 Å². The van der Waals surface area contributed by atoms with Gasteiger partial charge in [-0.3, -0.25) is 14.7 Å². The Balaban J connectivity index is 0.000000124. The quantitative estimate of drug-likeness (QED) is 0.493. The highest BCUT2D eigenvalue weighted by Gasteiger charge is 2.44. The van der Waals surface area contributed by atoms with Crippen LogP contribution in [0, 0.1) is 0 Å². The minimum atomic E-state index is 0.324. The number of hydrogen-bond donors (Lipinski definition) is 0. The molecule has 0 radical (unpaired) electrons. The van der Waals surface area contributed by atoms with Gasteiger partial charge < -0.3 is 14.2 Å². The molecule has 6 nitrogen and oxygen atoms in total. The van der Waals surface area contributed by atoms with E-state index in [0.717, 1.165) is 39.5 Å². The van der Waals surface area contributed by atoms with E-state index in [1.807, 2.05) is 0 Å². The summed E-state index contributed by atoms with van der Waals surface area (Å²) in [6.07, 6.45) is 8.08. The minimum Gasteiger partial charge on any atom is -0.378 e. The molecule has 6 aliphatic rings. The van der Waals surface area contributed by atoms with Gasteiger partial charge in [-0.25, -0.2) is 0 Å². The Morgan fingerprint density at radius 1 is 0.571 bits per heavy atom. The first-order chi connectivity index (χ1) is 16.2. The maximum Gasteiger partial charge on any atom is 0.0718 e. The first-order valence-corrected chi connectivity index (χ1v) is 14.4. The third-order valence-corrected chi connectivity index (χ3v) is 8.77. The monoisotopic (exact) mass is 493 g/mol. The maximum absolute atomic E-state index is 5.78. The summed E-state index contributed by atoms with van der Waals surface area (Å²) in [4.78, 5) is 7.77. The molecular formula is C29H55N3O3. The fourth-order valence-electron chi connectivity index (χ4n) is 7.11. The number of ether oxygens (including phenoxy) is 3. The lowest BCUT2D eigenvalue weighted by Gasteiger charge is -2.44. The number of rotatable bonds is 0. The van der Waals surface area contributed by atoms with Gasteiger partial charge >= 0.3 is 0 Å². The van der Waals surface area contributed by atoms with Crippen molar-refractivity contribution in [2.24, 2.45) is 0 Å². The van der Waals surface area contributed by atoms with Gasteiger partial charge in [0, 0.05) is 54.4 Å². The molecule has 6 rings (SSSR count). The van der Waals surface area contributed by atoms with Crippen LogP contribution in [0.2, 0.25) is 0 Å². The zero-order valence-electron chi connectivity index (χ0n) is 24.3. The van der Waals surface area contributed by atoms with Crippen LogP contribution >= 0.6 is 0 Å². The number of likely N-dealkylation sites (tertiary alicyclic amines) is 2. The number of nitrogens with zero attached hydrogens (tertiary/aromatic N) is 3. The fourth-order valence-corrected chi connectivity index (χ4v) is 7.11. The summed E-state index contributed by atoms with van der Waals surface area (Å²) in [6, 6.07) is 2.10. The van der Waals surface area contributed by atoms with Crippen LogP contribution in [-0.2, 0) is 14.2 Å². The molecule has 0 spiro atoms. The third-order valence-electron chi connectivity index (χ3n) is 8.77. The molecule has 6 bridgehead atoms. The van der Waals surface area contributed by atoms with Crippen LogP contribution < -0.4 is 0 Å². The Bertz CT molecular complexity index is 667. The van der Waals surface area contributed by atoms with Crippen LogP contribution in [0.3, 0.4) is 0 Å². The number of fused-ring (bicyclic) bond motifs is 6. The van der Waals surface area contributed by atoms with E-state index in [2.05, 4.69) is 77.0 Å². The fraction of sp³-hybridized carbons (Fsp3) is 1.00. The zero-order chi connectivity index (χ0) is 25.6. The predicted octanol–water partition coefficient (Wildman–Crippen LogP) is 4.55. The molecule has 6 heteroatoms. The summed E-state index contributed by atoms with van der Waals surface area (Å²) >= 11 is 0. The van der Waals surface area contributed by atoms with Gasteiger partial charge in [0.25, 0.3) is 0 Å². The van der Waals surface area contributed by atoms with Gasteiger partial charge in [0.15, 0.2) is 0 Å². The van der Waals surface area contributed by atoms with Gasteiger partial charge in [0.1, 0.15) is 0 Å². The van der Waals surface area contributed by atoms with E-state index >= 15 is 0 Å². The van der Waals surface area contributed by atoms with Crippen LogP contribution in [0.15, 0.2) is 0 Å². The molecular weight excluding hydrogens is 438 g/mol. The second-order valence-electron chi connectivity index (χ2n) is 14.7. The lowest BCUT2D eigenvalue weighted by Crippen LogP contribution is -2.54. The zero-order valence-corrected chi connectivity index (χ0v) is 24.3. The van der Waals surface area contributed by atoms with Gasteiger partial charge in [-0.05, 0) is 94.4 Å². The molecule has 6 fully saturated rings.